The normalized spacial score (nSPS) is 15.1. The molecule has 9 heteroatoms. The van der Waals surface area contributed by atoms with Gasteiger partial charge < -0.3 is 24.8 Å². The average Bonchev–Trinajstić information content (AvgIpc) is 2.88. The number of methoxy groups -OCH3 is 1. The zero-order valence-corrected chi connectivity index (χ0v) is 22.0. The summed E-state index contributed by atoms with van der Waals surface area (Å²) in [7, 11) is 1.53. The first kappa shape index (κ1) is 25.8. The van der Waals surface area contributed by atoms with Crippen LogP contribution < -0.4 is 20.1 Å². The van der Waals surface area contributed by atoms with Gasteiger partial charge in [0.1, 0.15) is 6.61 Å². The van der Waals surface area contributed by atoms with E-state index in [1.165, 1.54) is 7.11 Å². The molecule has 0 aromatic heterocycles. The standard InChI is InChI=1S/C27H24Cl2N2O4S/c1-3-34-26(32)22-23(17-7-5-4-6-8-17)30-27(36)31-24(22)18-13-20(29)25(21(14-18)33-2)35-15-16-9-11-19(28)12-10-16/h4-14,24H,3,15H2,1-2H3,(H2,30,31,36)/t24-/m1/s1. The largest absolute Gasteiger partial charge is 0.493 e. The molecule has 0 spiro atoms. The predicted octanol–water partition coefficient (Wildman–Crippen LogP) is 6.07. The molecule has 186 valence electrons. The highest BCUT2D eigenvalue weighted by atomic mass is 35.5. The van der Waals surface area contributed by atoms with Crippen LogP contribution in [0.25, 0.3) is 5.70 Å². The third-order valence-electron chi connectivity index (χ3n) is 5.51. The fourth-order valence-electron chi connectivity index (χ4n) is 3.86. The van der Waals surface area contributed by atoms with Gasteiger partial charge in [0.25, 0.3) is 0 Å². The van der Waals surface area contributed by atoms with E-state index in [0.29, 0.717) is 43.5 Å². The van der Waals surface area contributed by atoms with E-state index in [-0.39, 0.29) is 13.2 Å². The minimum absolute atomic E-state index is 0.225. The van der Waals surface area contributed by atoms with Crippen LogP contribution in [0, 0.1) is 0 Å². The first-order valence-corrected chi connectivity index (χ1v) is 12.4. The Balaban J connectivity index is 1.75. The summed E-state index contributed by atoms with van der Waals surface area (Å²) >= 11 is 18.1. The van der Waals surface area contributed by atoms with Crippen LogP contribution in [0.2, 0.25) is 10.0 Å². The van der Waals surface area contributed by atoms with E-state index in [9.17, 15) is 4.79 Å². The molecular formula is C27H24Cl2N2O4S. The van der Waals surface area contributed by atoms with Crippen molar-refractivity contribution in [2.45, 2.75) is 19.6 Å². The van der Waals surface area contributed by atoms with E-state index in [4.69, 9.17) is 49.6 Å². The van der Waals surface area contributed by atoms with Crippen LogP contribution in [0.15, 0.2) is 72.3 Å². The minimum atomic E-state index is -0.635. The smallest absolute Gasteiger partial charge is 0.338 e. The van der Waals surface area contributed by atoms with Crippen molar-refractivity contribution in [2.75, 3.05) is 13.7 Å². The molecule has 0 unspecified atom stereocenters. The molecule has 0 amide bonds. The molecule has 1 atom stereocenters. The van der Waals surface area contributed by atoms with Crippen molar-refractivity contribution >= 4 is 52.2 Å². The Hall–Kier alpha value is -3.26. The van der Waals surface area contributed by atoms with E-state index in [1.54, 1.807) is 31.2 Å². The highest BCUT2D eigenvalue weighted by Crippen LogP contribution is 2.41. The van der Waals surface area contributed by atoms with Gasteiger partial charge in [0.2, 0.25) is 0 Å². The Morgan fingerprint density at radius 2 is 1.78 bits per heavy atom. The summed E-state index contributed by atoms with van der Waals surface area (Å²) in [5.74, 6) is 0.337. The van der Waals surface area contributed by atoms with Crippen molar-refractivity contribution in [1.29, 1.82) is 0 Å². The van der Waals surface area contributed by atoms with Crippen LogP contribution in [0.1, 0.15) is 29.7 Å². The van der Waals surface area contributed by atoms with Gasteiger partial charge in [-0.1, -0.05) is 65.7 Å². The molecule has 0 saturated carbocycles. The predicted molar refractivity (Wildman–Crippen MR) is 145 cm³/mol. The lowest BCUT2D eigenvalue weighted by atomic mass is 9.92. The molecule has 0 bridgehead atoms. The molecule has 0 fully saturated rings. The van der Waals surface area contributed by atoms with Gasteiger partial charge in [0, 0.05) is 5.02 Å². The quantitative estimate of drug-likeness (QED) is 0.264. The van der Waals surface area contributed by atoms with Crippen molar-refractivity contribution < 1.29 is 19.0 Å². The van der Waals surface area contributed by atoms with Gasteiger partial charge in [-0.3, -0.25) is 0 Å². The zero-order valence-electron chi connectivity index (χ0n) is 19.6. The van der Waals surface area contributed by atoms with Gasteiger partial charge in [-0.2, -0.15) is 0 Å². The molecule has 1 aliphatic rings. The molecule has 6 nitrogen and oxygen atoms in total. The summed E-state index contributed by atoms with van der Waals surface area (Å²) in [6, 6.07) is 19.7. The Kier molecular flexibility index (Phi) is 8.36. The Bertz CT molecular complexity index is 1300. The van der Waals surface area contributed by atoms with Crippen molar-refractivity contribution in [3.63, 3.8) is 0 Å². The van der Waals surface area contributed by atoms with Gasteiger partial charge in [-0.05, 0) is 60.1 Å². The van der Waals surface area contributed by atoms with Crippen molar-refractivity contribution in [3.8, 4) is 11.5 Å². The Labute approximate surface area is 225 Å². The summed E-state index contributed by atoms with van der Waals surface area (Å²) in [6.07, 6.45) is 0. The second-order valence-electron chi connectivity index (χ2n) is 7.86. The second kappa shape index (κ2) is 11.6. The molecule has 1 heterocycles. The number of carbonyl (C=O) groups is 1. The summed E-state index contributed by atoms with van der Waals surface area (Å²) in [4.78, 5) is 13.2. The Morgan fingerprint density at radius 1 is 1.06 bits per heavy atom. The highest BCUT2D eigenvalue weighted by Gasteiger charge is 2.34. The number of nitrogens with one attached hydrogen (secondary N) is 2. The van der Waals surface area contributed by atoms with E-state index < -0.39 is 12.0 Å². The van der Waals surface area contributed by atoms with E-state index in [0.717, 1.165) is 11.1 Å². The maximum absolute atomic E-state index is 13.2. The van der Waals surface area contributed by atoms with E-state index >= 15 is 0 Å². The molecule has 4 rings (SSSR count). The first-order chi connectivity index (χ1) is 17.4. The highest BCUT2D eigenvalue weighted by molar-refractivity contribution is 7.80. The SMILES string of the molecule is CCOC(=O)C1=C(c2ccccc2)NC(=S)N[C@@H]1c1cc(Cl)c(OCc2ccc(Cl)cc2)c(OC)c1. The van der Waals surface area contributed by atoms with Gasteiger partial charge in [0.05, 0.1) is 36.1 Å². The number of ether oxygens (including phenoxy) is 3. The minimum Gasteiger partial charge on any atom is -0.493 e. The lowest BCUT2D eigenvalue weighted by Gasteiger charge is -2.31. The van der Waals surface area contributed by atoms with Crippen LogP contribution in [0.3, 0.4) is 0 Å². The number of halogens is 2. The van der Waals surface area contributed by atoms with Crippen molar-refractivity contribution in [2.24, 2.45) is 0 Å². The topological polar surface area (TPSA) is 68.8 Å². The molecule has 3 aromatic carbocycles. The number of rotatable bonds is 8. The number of hydrogen-bond donors (Lipinski definition) is 2. The fraction of sp³-hybridized carbons (Fsp3) is 0.185. The van der Waals surface area contributed by atoms with Crippen LogP contribution in [0.4, 0.5) is 0 Å². The van der Waals surface area contributed by atoms with Gasteiger partial charge in [-0.25, -0.2) is 4.79 Å². The van der Waals surface area contributed by atoms with Gasteiger partial charge >= 0.3 is 5.97 Å². The van der Waals surface area contributed by atoms with E-state index in [2.05, 4.69) is 10.6 Å². The zero-order chi connectivity index (χ0) is 25.7. The lowest BCUT2D eigenvalue weighted by Crippen LogP contribution is -2.45. The van der Waals surface area contributed by atoms with Gasteiger partial charge in [-0.15, -0.1) is 0 Å². The Morgan fingerprint density at radius 3 is 2.44 bits per heavy atom. The maximum atomic E-state index is 13.2. The monoisotopic (exact) mass is 542 g/mol. The molecule has 0 radical (unpaired) electrons. The molecule has 1 aliphatic heterocycles. The van der Waals surface area contributed by atoms with Crippen LogP contribution in [-0.4, -0.2) is 24.8 Å². The number of hydrogen-bond acceptors (Lipinski definition) is 5. The van der Waals surface area contributed by atoms with Crippen molar-refractivity contribution in [1.82, 2.24) is 10.6 Å². The van der Waals surface area contributed by atoms with Crippen molar-refractivity contribution in [3.05, 3.63) is 99.0 Å². The molecule has 2 N–H and O–H groups in total. The summed E-state index contributed by atoms with van der Waals surface area (Å²) < 4.78 is 17.0. The number of benzene rings is 3. The summed E-state index contributed by atoms with van der Waals surface area (Å²) in [6.45, 7) is 2.26. The first-order valence-electron chi connectivity index (χ1n) is 11.2. The third kappa shape index (κ3) is 5.75. The summed E-state index contributed by atoms with van der Waals surface area (Å²) in [5, 5.41) is 7.64. The molecule has 0 saturated heterocycles. The second-order valence-corrected chi connectivity index (χ2v) is 9.11. The molecule has 36 heavy (non-hydrogen) atoms. The van der Waals surface area contributed by atoms with Gasteiger partial charge in [0.15, 0.2) is 16.6 Å². The third-order valence-corrected chi connectivity index (χ3v) is 6.26. The van der Waals surface area contributed by atoms with E-state index in [1.807, 2.05) is 42.5 Å². The van der Waals surface area contributed by atoms with Crippen LogP contribution in [0.5, 0.6) is 11.5 Å². The number of carbonyl (C=O) groups excluding carboxylic acids is 1. The molecule has 3 aromatic rings. The summed E-state index contributed by atoms with van der Waals surface area (Å²) in [5.41, 5.74) is 3.34. The maximum Gasteiger partial charge on any atom is 0.338 e. The van der Waals surface area contributed by atoms with Crippen LogP contribution in [-0.2, 0) is 16.1 Å². The molecule has 0 aliphatic carbocycles. The number of thiocarbonyl (C=S) groups is 1. The van der Waals surface area contributed by atoms with Crippen LogP contribution >= 0.6 is 35.4 Å². The fourth-order valence-corrected chi connectivity index (χ4v) is 4.48. The average molecular weight is 543 g/mol. The number of esters is 1. The molecular weight excluding hydrogens is 519 g/mol. The lowest BCUT2D eigenvalue weighted by molar-refractivity contribution is -0.138.